The summed E-state index contributed by atoms with van der Waals surface area (Å²) >= 11 is 0. The molecule has 7 nitrogen and oxygen atoms in total. The van der Waals surface area contributed by atoms with Crippen LogP contribution < -0.4 is 0 Å². The van der Waals surface area contributed by atoms with Crippen molar-refractivity contribution in [2.45, 2.75) is 31.9 Å². The molecular formula is C22H30N4O3. The van der Waals surface area contributed by atoms with Crippen molar-refractivity contribution in [3.63, 3.8) is 0 Å². The van der Waals surface area contributed by atoms with Gasteiger partial charge in [0.1, 0.15) is 6.26 Å². The van der Waals surface area contributed by atoms with Crippen molar-refractivity contribution in [2.75, 3.05) is 45.8 Å². The summed E-state index contributed by atoms with van der Waals surface area (Å²) in [6, 6.07) is 10.1. The highest BCUT2D eigenvalue weighted by Crippen LogP contribution is 2.15. The van der Waals surface area contributed by atoms with Crippen LogP contribution in [0.3, 0.4) is 0 Å². The van der Waals surface area contributed by atoms with Gasteiger partial charge in [0.05, 0.1) is 12.6 Å². The molecule has 4 rings (SSSR count). The number of β-amino-alcohol motifs (C(OH)–C–C–N with tert-alkyl or cyclic N) is 1. The fourth-order valence-electron chi connectivity index (χ4n) is 4.13. The van der Waals surface area contributed by atoms with Gasteiger partial charge in [-0.2, -0.15) is 0 Å². The Balaban J connectivity index is 1.20. The molecule has 156 valence electrons. The van der Waals surface area contributed by atoms with Gasteiger partial charge < -0.3 is 14.4 Å². The number of nitrogens with zero attached hydrogens (tertiary/aromatic N) is 4. The molecule has 0 spiro atoms. The van der Waals surface area contributed by atoms with Crippen molar-refractivity contribution in [3.8, 4) is 0 Å². The lowest BCUT2D eigenvalue weighted by Gasteiger charge is -2.35. The molecule has 7 heteroatoms. The second-order valence-electron chi connectivity index (χ2n) is 8.05. The van der Waals surface area contributed by atoms with Gasteiger partial charge in [-0.05, 0) is 24.8 Å². The van der Waals surface area contributed by atoms with E-state index in [1.807, 2.05) is 23.1 Å². The summed E-state index contributed by atoms with van der Waals surface area (Å²) in [5.41, 5.74) is 1.59. The molecule has 1 aromatic heterocycles. The zero-order chi connectivity index (χ0) is 20.1. The van der Waals surface area contributed by atoms with Gasteiger partial charge in [-0.1, -0.05) is 30.3 Å². The van der Waals surface area contributed by atoms with E-state index in [-0.39, 0.29) is 12.0 Å². The summed E-state index contributed by atoms with van der Waals surface area (Å²) in [5, 5.41) is 10.4. The Morgan fingerprint density at radius 1 is 1.03 bits per heavy atom. The van der Waals surface area contributed by atoms with Gasteiger partial charge in [0.15, 0.2) is 5.69 Å². The normalized spacial score (nSPS) is 19.6. The van der Waals surface area contributed by atoms with E-state index in [0.29, 0.717) is 31.1 Å². The molecule has 2 saturated heterocycles. The molecular weight excluding hydrogens is 368 g/mol. The van der Waals surface area contributed by atoms with E-state index in [9.17, 15) is 9.90 Å². The van der Waals surface area contributed by atoms with Crippen molar-refractivity contribution in [1.29, 1.82) is 0 Å². The van der Waals surface area contributed by atoms with E-state index >= 15 is 0 Å². The molecule has 2 aliphatic heterocycles. The van der Waals surface area contributed by atoms with Crippen LogP contribution in [0.15, 0.2) is 41.0 Å². The molecule has 3 heterocycles. The zero-order valence-electron chi connectivity index (χ0n) is 16.9. The van der Waals surface area contributed by atoms with Crippen molar-refractivity contribution in [3.05, 3.63) is 53.7 Å². The summed E-state index contributed by atoms with van der Waals surface area (Å²) in [6.07, 6.45) is 3.97. The third-order valence-corrected chi connectivity index (χ3v) is 5.77. The van der Waals surface area contributed by atoms with Crippen LogP contribution in [0.2, 0.25) is 0 Å². The number of benzene rings is 1. The Labute approximate surface area is 171 Å². The number of likely N-dealkylation sites (tertiary alicyclic amines) is 1. The average molecular weight is 399 g/mol. The third-order valence-electron chi connectivity index (χ3n) is 5.77. The van der Waals surface area contributed by atoms with Crippen LogP contribution in [0.4, 0.5) is 0 Å². The van der Waals surface area contributed by atoms with Gasteiger partial charge in [-0.3, -0.25) is 14.6 Å². The van der Waals surface area contributed by atoms with E-state index in [0.717, 1.165) is 52.1 Å². The van der Waals surface area contributed by atoms with E-state index < -0.39 is 0 Å². The van der Waals surface area contributed by atoms with Gasteiger partial charge in [0.25, 0.3) is 5.91 Å². The lowest BCUT2D eigenvalue weighted by atomic mass is 10.1. The van der Waals surface area contributed by atoms with Crippen molar-refractivity contribution in [2.24, 2.45) is 0 Å². The highest BCUT2D eigenvalue weighted by atomic mass is 16.3. The fourth-order valence-corrected chi connectivity index (χ4v) is 4.13. The quantitative estimate of drug-likeness (QED) is 0.764. The number of piperazine rings is 1. The third kappa shape index (κ3) is 5.44. The summed E-state index contributed by atoms with van der Waals surface area (Å²) < 4.78 is 5.55. The zero-order valence-corrected chi connectivity index (χ0v) is 16.9. The molecule has 1 atom stereocenters. The first-order chi connectivity index (χ1) is 14.2. The van der Waals surface area contributed by atoms with Crippen LogP contribution in [-0.4, -0.2) is 82.6 Å². The highest BCUT2D eigenvalue weighted by molar-refractivity contribution is 5.92. The minimum atomic E-state index is -0.352. The van der Waals surface area contributed by atoms with Gasteiger partial charge in [-0.25, -0.2) is 4.98 Å². The first-order valence-electron chi connectivity index (χ1n) is 10.6. The second kappa shape index (κ2) is 9.52. The molecule has 0 bridgehead atoms. The number of aliphatic hydroxyl groups is 1. The van der Waals surface area contributed by atoms with Crippen molar-refractivity contribution < 1.29 is 14.3 Å². The number of aromatic nitrogens is 1. The number of hydrogen-bond donors (Lipinski definition) is 1. The maximum absolute atomic E-state index is 12.4. The summed E-state index contributed by atoms with van der Waals surface area (Å²) in [7, 11) is 0. The van der Waals surface area contributed by atoms with E-state index in [4.69, 9.17) is 4.42 Å². The number of rotatable bonds is 7. The van der Waals surface area contributed by atoms with Crippen LogP contribution in [0, 0.1) is 0 Å². The van der Waals surface area contributed by atoms with Crippen LogP contribution in [0.25, 0.3) is 0 Å². The van der Waals surface area contributed by atoms with Crippen molar-refractivity contribution in [1.82, 2.24) is 19.7 Å². The molecule has 1 amide bonds. The number of oxazole rings is 1. The van der Waals surface area contributed by atoms with Gasteiger partial charge in [-0.15, -0.1) is 0 Å². The second-order valence-corrected chi connectivity index (χ2v) is 8.05. The molecule has 2 aromatic rings. The Morgan fingerprint density at radius 2 is 1.72 bits per heavy atom. The number of carbonyl (C=O) groups is 1. The van der Waals surface area contributed by atoms with E-state index in [1.54, 1.807) is 0 Å². The predicted molar refractivity (Wildman–Crippen MR) is 110 cm³/mol. The predicted octanol–water partition coefficient (Wildman–Crippen LogP) is 1.63. The lowest BCUT2D eigenvalue weighted by Crippen LogP contribution is -2.48. The number of carbonyl (C=O) groups excluding carboxylic acids is 1. The van der Waals surface area contributed by atoms with Crippen LogP contribution >= 0.6 is 0 Å². The average Bonchev–Trinajstić information content (AvgIpc) is 3.42. The molecule has 1 aromatic carbocycles. The molecule has 0 aliphatic carbocycles. The summed E-state index contributed by atoms with van der Waals surface area (Å²) in [4.78, 5) is 23.2. The summed E-state index contributed by atoms with van der Waals surface area (Å²) in [6.45, 7) is 6.56. The van der Waals surface area contributed by atoms with Crippen LogP contribution in [-0.2, 0) is 13.0 Å². The topological polar surface area (TPSA) is 73.0 Å². The summed E-state index contributed by atoms with van der Waals surface area (Å²) in [5.74, 6) is 0.583. The first kappa shape index (κ1) is 20.1. The standard InChI is InChI=1S/C22H30N4O3/c27-19(14-18-6-2-1-3-7-18)15-24-10-12-25(13-11-24)16-21-23-20(17-29-21)22(28)26-8-4-5-9-26/h1-3,6-7,17,19,27H,4-5,8-16H2. The van der Waals surface area contributed by atoms with E-state index in [1.165, 1.54) is 11.8 Å². The molecule has 1 N–H and O–H groups in total. The van der Waals surface area contributed by atoms with Gasteiger partial charge >= 0.3 is 0 Å². The largest absolute Gasteiger partial charge is 0.447 e. The lowest BCUT2D eigenvalue weighted by molar-refractivity contribution is 0.0675. The molecule has 29 heavy (non-hydrogen) atoms. The van der Waals surface area contributed by atoms with Gasteiger partial charge in [0.2, 0.25) is 5.89 Å². The minimum absolute atomic E-state index is 0.0188. The Morgan fingerprint density at radius 3 is 2.45 bits per heavy atom. The molecule has 0 radical (unpaired) electrons. The number of hydrogen-bond acceptors (Lipinski definition) is 6. The fraction of sp³-hybridized carbons (Fsp3) is 0.545. The number of amides is 1. The molecule has 2 aliphatic rings. The van der Waals surface area contributed by atoms with Gasteiger partial charge in [0, 0.05) is 45.8 Å². The first-order valence-corrected chi connectivity index (χ1v) is 10.6. The minimum Gasteiger partial charge on any atom is -0.447 e. The molecule has 0 saturated carbocycles. The SMILES string of the molecule is O=C(c1coc(CN2CCN(CC(O)Cc3ccccc3)CC2)n1)N1CCCC1. The number of aliphatic hydroxyl groups excluding tert-OH is 1. The Kier molecular flexibility index (Phi) is 6.59. The van der Waals surface area contributed by atoms with E-state index in [2.05, 4.69) is 26.9 Å². The smallest absolute Gasteiger partial charge is 0.275 e. The molecule has 1 unspecified atom stereocenters. The highest BCUT2D eigenvalue weighted by Gasteiger charge is 2.24. The van der Waals surface area contributed by atoms with Crippen molar-refractivity contribution >= 4 is 5.91 Å². The maximum atomic E-state index is 12.4. The Bertz CT molecular complexity index is 780. The molecule has 2 fully saturated rings. The Hall–Kier alpha value is -2.22. The monoisotopic (exact) mass is 398 g/mol. The maximum Gasteiger partial charge on any atom is 0.275 e. The van der Waals surface area contributed by atoms with Crippen LogP contribution in [0.5, 0.6) is 0 Å². The van der Waals surface area contributed by atoms with Crippen LogP contribution in [0.1, 0.15) is 34.8 Å².